The second-order valence-corrected chi connectivity index (χ2v) is 19.2. The van der Waals surface area contributed by atoms with Crippen LogP contribution in [0.15, 0.2) is 54.3 Å². The van der Waals surface area contributed by atoms with E-state index in [1.165, 1.54) is 17.0 Å². The number of sulfonamides is 1. The molecule has 61 heavy (non-hydrogen) atoms. The summed E-state index contributed by atoms with van der Waals surface area (Å²) in [5, 5.41) is 5.37. The van der Waals surface area contributed by atoms with Gasteiger partial charge in [-0.2, -0.15) is 0 Å². The number of benzene rings is 1. The van der Waals surface area contributed by atoms with Crippen molar-refractivity contribution in [2.24, 2.45) is 5.92 Å². The summed E-state index contributed by atoms with van der Waals surface area (Å²) < 4.78 is 68.0. The number of hydrogen-bond acceptors (Lipinski definition) is 11. The topological polar surface area (TPSA) is 192 Å². The molecule has 3 aliphatic heterocycles. The molecular weight excluding hydrogens is 810 g/mol. The zero-order valence-corrected chi connectivity index (χ0v) is 34.9. The number of aromatic nitrogens is 1. The Balaban J connectivity index is 1.05. The minimum absolute atomic E-state index is 0.0554. The van der Waals surface area contributed by atoms with Crippen molar-refractivity contribution in [1.29, 1.82) is 0 Å². The third-order valence-corrected chi connectivity index (χ3v) is 14.8. The number of carbonyl (C=O) groups excluding carboxylic acids is 4. The molecule has 15 nitrogen and oxygen atoms in total. The maximum Gasteiger partial charge on any atom is 0.408 e. The second kappa shape index (κ2) is 16.6. The van der Waals surface area contributed by atoms with Crippen LogP contribution in [-0.4, -0.2) is 96.5 Å². The summed E-state index contributed by atoms with van der Waals surface area (Å²) in [4.78, 5) is 62.9. The van der Waals surface area contributed by atoms with Crippen molar-refractivity contribution < 1.29 is 50.9 Å². The van der Waals surface area contributed by atoms with E-state index in [-0.39, 0.29) is 43.6 Å². The number of hydrogen-bond donors (Lipinski definition) is 3. The molecule has 4 amide bonds. The molecule has 2 unspecified atom stereocenters. The van der Waals surface area contributed by atoms with E-state index in [0.29, 0.717) is 60.4 Å². The van der Waals surface area contributed by atoms with Gasteiger partial charge in [-0.25, -0.2) is 22.6 Å². The van der Waals surface area contributed by atoms with Gasteiger partial charge in [0.25, 0.3) is 5.91 Å². The molecule has 4 heterocycles. The zero-order valence-electron chi connectivity index (χ0n) is 34.1. The Hall–Kier alpha value is -5.19. The molecule has 7 atom stereocenters. The molecule has 1 aromatic heterocycles. The first kappa shape index (κ1) is 41.2. The number of halogens is 1. The molecule has 0 radical (unpaired) electrons. The third-order valence-electron chi connectivity index (χ3n) is 12.9. The van der Waals surface area contributed by atoms with Gasteiger partial charge in [-0.3, -0.25) is 19.1 Å². The van der Waals surface area contributed by atoms with Gasteiger partial charge < -0.3 is 34.5 Å². The average Bonchev–Trinajstić information content (AvgIpc) is 4.04. The summed E-state index contributed by atoms with van der Waals surface area (Å²) in [6.45, 7) is 2.17. The number of ether oxygens (including phenoxy) is 4. The van der Waals surface area contributed by atoms with Crippen LogP contribution in [0.4, 0.5) is 9.18 Å². The number of alkyl carbamates (subject to hydrolysis) is 1. The Morgan fingerprint density at radius 1 is 1.05 bits per heavy atom. The van der Waals surface area contributed by atoms with Gasteiger partial charge in [-0.1, -0.05) is 37.1 Å². The number of rotatable bonds is 9. The van der Waals surface area contributed by atoms with Crippen LogP contribution < -0.4 is 24.8 Å². The predicted molar refractivity (Wildman–Crippen MR) is 219 cm³/mol. The Labute approximate surface area is 353 Å². The van der Waals surface area contributed by atoms with Crippen LogP contribution in [0.1, 0.15) is 102 Å². The van der Waals surface area contributed by atoms with Gasteiger partial charge in [0.1, 0.15) is 41.4 Å². The summed E-state index contributed by atoms with van der Waals surface area (Å²) in [5.74, 6) is -2.26. The van der Waals surface area contributed by atoms with Crippen LogP contribution in [0.5, 0.6) is 11.5 Å². The highest BCUT2D eigenvalue weighted by atomic mass is 32.2. The summed E-state index contributed by atoms with van der Waals surface area (Å²) >= 11 is 0. The number of fused-ring (bicyclic) bond motifs is 6. The van der Waals surface area contributed by atoms with Crippen LogP contribution in [0, 0.1) is 11.7 Å². The molecule has 3 saturated carbocycles. The summed E-state index contributed by atoms with van der Waals surface area (Å²) in [6, 6.07) is 1.93. The first-order valence-electron chi connectivity index (χ1n) is 21.7. The van der Waals surface area contributed by atoms with E-state index in [2.05, 4.69) is 15.4 Å². The summed E-state index contributed by atoms with van der Waals surface area (Å²) in [7, 11) is -3.94. The zero-order chi connectivity index (χ0) is 42.5. The van der Waals surface area contributed by atoms with E-state index in [9.17, 15) is 32.0 Å². The molecule has 0 spiro atoms. The van der Waals surface area contributed by atoms with E-state index in [0.717, 1.165) is 38.5 Å². The largest absolute Gasteiger partial charge is 0.494 e. The van der Waals surface area contributed by atoms with Crippen LogP contribution in [0.3, 0.4) is 0 Å². The molecule has 2 aromatic rings. The number of pyridine rings is 1. The van der Waals surface area contributed by atoms with Crippen molar-refractivity contribution in [3.05, 3.63) is 65.8 Å². The Morgan fingerprint density at radius 2 is 1.85 bits per heavy atom. The lowest BCUT2D eigenvalue weighted by atomic mass is 9.94. The number of nitrogens with zero attached hydrogens (tertiary/aromatic N) is 2. The maximum atomic E-state index is 15.0. The van der Waals surface area contributed by atoms with Gasteiger partial charge in [-0.05, 0) is 95.4 Å². The van der Waals surface area contributed by atoms with E-state index >= 15 is 0 Å². The molecular formula is C44H52FN5O10S. The molecule has 1 aromatic carbocycles. The highest BCUT2D eigenvalue weighted by Crippen LogP contribution is 2.51. The van der Waals surface area contributed by atoms with Gasteiger partial charge in [0.05, 0.1) is 35.5 Å². The molecule has 7 aliphatic rings. The number of allylic oxidation sites excluding steroid dienone is 3. The molecule has 4 fully saturated rings. The van der Waals surface area contributed by atoms with Crippen LogP contribution in [-0.2, 0) is 33.9 Å². The first-order chi connectivity index (χ1) is 29.4. The highest BCUT2D eigenvalue weighted by Gasteiger charge is 2.62. The molecule has 17 heteroatoms. The molecule has 1 saturated heterocycles. The lowest BCUT2D eigenvalue weighted by Crippen LogP contribution is -2.58. The van der Waals surface area contributed by atoms with E-state index < -0.39 is 80.7 Å². The maximum absolute atomic E-state index is 15.0. The van der Waals surface area contributed by atoms with Crippen molar-refractivity contribution >= 4 is 44.7 Å². The third kappa shape index (κ3) is 8.29. The molecule has 9 rings (SSSR count). The van der Waals surface area contributed by atoms with Gasteiger partial charge in [0.2, 0.25) is 21.8 Å². The van der Waals surface area contributed by atoms with Crippen LogP contribution in [0.2, 0.25) is 0 Å². The normalized spacial score (nSPS) is 30.6. The van der Waals surface area contributed by atoms with Crippen molar-refractivity contribution in [3.63, 3.8) is 0 Å². The number of nitrogens with one attached hydrogen (secondary N) is 3. The molecule has 326 valence electrons. The van der Waals surface area contributed by atoms with E-state index in [1.54, 1.807) is 6.07 Å². The first-order valence-corrected chi connectivity index (χ1v) is 23.3. The highest BCUT2D eigenvalue weighted by molar-refractivity contribution is 7.91. The van der Waals surface area contributed by atoms with E-state index in [4.69, 9.17) is 23.9 Å². The van der Waals surface area contributed by atoms with Gasteiger partial charge in [0.15, 0.2) is 17.6 Å². The predicted octanol–water partition coefficient (Wildman–Crippen LogP) is 5.10. The van der Waals surface area contributed by atoms with Crippen molar-refractivity contribution in [3.8, 4) is 11.5 Å². The van der Waals surface area contributed by atoms with Crippen LogP contribution >= 0.6 is 0 Å². The molecule has 0 bridgehead atoms. The van der Waals surface area contributed by atoms with Crippen molar-refractivity contribution in [1.82, 2.24) is 25.2 Å². The minimum atomic E-state index is -3.94. The second-order valence-electron chi connectivity index (χ2n) is 17.3. The van der Waals surface area contributed by atoms with Gasteiger partial charge in [-0.15, -0.1) is 0 Å². The van der Waals surface area contributed by atoms with Crippen molar-refractivity contribution in [2.45, 2.75) is 137 Å². The SMILES string of the molecule is CCOC1=CC=CC2c3nc4ccc(F)cc4c(O[C@@H]4C[C@H]5C(=O)N[C@]6(C(=O)NS(=O)(=O)C7CC7)C[C@H]6/C=C\CCCCC[C@H](NC(=O)OC6CCCC6)C(=O)N5C4)c3OC12. The minimum Gasteiger partial charge on any atom is -0.494 e. The van der Waals surface area contributed by atoms with Crippen LogP contribution in [0.25, 0.3) is 10.9 Å². The van der Waals surface area contributed by atoms with Gasteiger partial charge in [0, 0.05) is 17.7 Å². The Kier molecular flexibility index (Phi) is 11.2. The fourth-order valence-corrected chi connectivity index (χ4v) is 10.8. The smallest absolute Gasteiger partial charge is 0.408 e. The molecule has 4 aliphatic carbocycles. The summed E-state index contributed by atoms with van der Waals surface area (Å²) in [5.41, 5.74) is -0.543. The number of amides is 4. The van der Waals surface area contributed by atoms with Gasteiger partial charge >= 0.3 is 6.09 Å². The lowest BCUT2D eigenvalue weighted by Gasteiger charge is -2.30. The standard InChI is InChI=1S/C44H52FN5O10S/c1-2-57-35-16-10-14-30-36-39(60-37(30)35)38(31-21-26(45)17-20-32(31)46-36)58-28-22-34-40(51)48-44(42(53)49-61(55,56)29-18-19-29)23-25(44)11-6-4-3-5-7-15-33(41(52)50(34)24-28)47-43(54)59-27-12-8-9-13-27/h6,10-11,14,16-17,20-21,25,27-30,33-34,37H,2-5,7-9,12-13,15,18-19,22-24H2,1H3,(H,47,54)(H,48,51)(H,49,53)/b11-6-/t25-,28-,30?,33+,34+,37?,44-/m1/s1. The molecule has 3 N–H and O–H groups in total. The monoisotopic (exact) mass is 861 g/mol. The fourth-order valence-electron chi connectivity index (χ4n) is 9.44. The Bertz CT molecular complexity index is 2310. The van der Waals surface area contributed by atoms with Crippen molar-refractivity contribution in [2.75, 3.05) is 13.2 Å². The quantitative estimate of drug-likeness (QED) is 0.285. The Morgan fingerprint density at radius 3 is 2.64 bits per heavy atom. The average molecular weight is 862 g/mol. The number of carbonyl (C=O) groups is 4. The lowest BCUT2D eigenvalue weighted by molar-refractivity contribution is -0.141. The summed E-state index contributed by atoms with van der Waals surface area (Å²) in [6.07, 6.45) is 14.5. The fraction of sp³-hybridized carbons (Fsp3) is 0.568. The van der Waals surface area contributed by atoms with E-state index in [1.807, 2.05) is 37.3 Å².